The van der Waals surface area contributed by atoms with Crippen molar-refractivity contribution in [3.8, 4) is 11.4 Å². The molecule has 6 heteroatoms. The first kappa shape index (κ1) is 15.3. The van der Waals surface area contributed by atoms with E-state index in [1.54, 1.807) is 6.33 Å². The molecule has 0 aliphatic rings. The third-order valence-corrected chi connectivity index (χ3v) is 3.68. The number of hydrogen-bond acceptors (Lipinski definition) is 5. The minimum Gasteiger partial charge on any atom is -0.399 e. The van der Waals surface area contributed by atoms with E-state index >= 15 is 0 Å². The average molecular weight is 310 g/mol. The normalized spacial score (nSPS) is 11.3. The van der Waals surface area contributed by atoms with Crippen LogP contribution in [0.4, 0.5) is 11.5 Å². The molecule has 0 aliphatic carbocycles. The maximum absolute atomic E-state index is 5.93. The Morgan fingerprint density at radius 3 is 2.78 bits per heavy atom. The zero-order chi connectivity index (χ0) is 16.4. The number of nitrogens with zero attached hydrogens (tertiary/aromatic N) is 4. The van der Waals surface area contributed by atoms with Gasteiger partial charge in [0.1, 0.15) is 12.2 Å². The minimum atomic E-state index is 0.227. The molecule has 0 spiro atoms. The third kappa shape index (κ3) is 2.84. The molecule has 0 fully saturated rings. The van der Waals surface area contributed by atoms with Gasteiger partial charge in [0, 0.05) is 23.8 Å². The SMILES string of the molecule is CCCNc1ncnc2c1nc(-c1cccc(N)c1)n2C(C)C. The lowest BCUT2D eigenvalue weighted by molar-refractivity contribution is 0.619. The zero-order valence-corrected chi connectivity index (χ0v) is 13.7. The molecular formula is C17H22N6. The van der Waals surface area contributed by atoms with Gasteiger partial charge in [0.05, 0.1) is 0 Å². The van der Waals surface area contributed by atoms with Crippen LogP contribution in [0.1, 0.15) is 33.2 Å². The van der Waals surface area contributed by atoms with Gasteiger partial charge in [-0.3, -0.25) is 0 Å². The van der Waals surface area contributed by atoms with Crippen molar-refractivity contribution in [3.05, 3.63) is 30.6 Å². The van der Waals surface area contributed by atoms with E-state index in [0.29, 0.717) is 0 Å². The summed E-state index contributed by atoms with van der Waals surface area (Å²) >= 11 is 0. The predicted molar refractivity (Wildman–Crippen MR) is 94.3 cm³/mol. The minimum absolute atomic E-state index is 0.227. The average Bonchev–Trinajstić information content (AvgIpc) is 2.93. The van der Waals surface area contributed by atoms with Gasteiger partial charge in [0.2, 0.25) is 0 Å². The second-order valence-electron chi connectivity index (χ2n) is 5.85. The highest BCUT2D eigenvalue weighted by molar-refractivity contribution is 5.86. The monoisotopic (exact) mass is 310 g/mol. The molecule has 0 radical (unpaired) electrons. The summed E-state index contributed by atoms with van der Waals surface area (Å²) in [5.41, 5.74) is 9.28. The third-order valence-electron chi connectivity index (χ3n) is 3.68. The van der Waals surface area contributed by atoms with Crippen molar-refractivity contribution in [1.82, 2.24) is 19.5 Å². The number of nitrogens with one attached hydrogen (secondary N) is 1. The maximum atomic E-state index is 5.93. The highest BCUT2D eigenvalue weighted by Crippen LogP contribution is 2.30. The Morgan fingerprint density at radius 2 is 2.09 bits per heavy atom. The van der Waals surface area contributed by atoms with Crippen LogP contribution in [0.2, 0.25) is 0 Å². The summed E-state index contributed by atoms with van der Waals surface area (Å²) in [6.45, 7) is 7.22. The number of imidazole rings is 1. The van der Waals surface area contributed by atoms with Gasteiger partial charge in [-0.15, -0.1) is 0 Å². The second kappa shape index (κ2) is 6.24. The van der Waals surface area contributed by atoms with Crippen molar-refractivity contribution in [2.45, 2.75) is 33.2 Å². The van der Waals surface area contributed by atoms with Gasteiger partial charge >= 0.3 is 0 Å². The zero-order valence-electron chi connectivity index (χ0n) is 13.7. The molecule has 6 nitrogen and oxygen atoms in total. The molecule has 120 valence electrons. The summed E-state index contributed by atoms with van der Waals surface area (Å²) in [5, 5.41) is 3.33. The van der Waals surface area contributed by atoms with E-state index in [9.17, 15) is 0 Å². The molecule has 3 N–H and O–H groups in total. The van der Waals surface area contributed by atoms with E-state index in [0.717, 1.165) is 47.0 Å². The van der Waals surface area contributed by atoms with E-state index in [-0.39, 0.29) is 6.04 Å². The van der Waals surface area contributed by atoms with Crippen LogP contribution < -0.4 is 11.1 Å². The molecule has 1 aromatic carbocycles. The maximum Gasteiger partial charge on any atom is 0.166 e. The van der Waals surface area contributed by atoms with Gasteiger partial charge in [0.25, 0.3) is 0 Å². The number of rotatable bonds is 5. The van der Waals surface area contributed by atoms with Crippen molar-refractivity contribution in [2.24, 2.45) is 0 Å². The molecule has 2 aromatic heterocycles. The quantitative estimate of drug-likeness (QED) is 0.705. The van der Waals surface area contributed by atoms with Crippen molar-refractivity contribution in [1.29, 1.82) is 0 Å². The summed E-state index contributed by atoms with van der Waals surface area (Å²) in [4.78, 5) is 13.6. The highest BCUT2D eigenvalue weighted by Gasteiger charge is 2.18. The molecular weight excluding hydrogens is 288 g/mol. The Hall–Kier alpha value is -2.63. The Balaban J connectivity index is 2.23. The van der Waals surface area contributed by atoms with Crippen molar-refractivity contribution in [3.63, 3.8) is 0 Å². The fourth-order valence-corrected chi connectivity index (χ4v) is 2.65. The van der Waals surface area contributed by atoms with Crippen LogP contribution in [-0.2, 0) is 0 Å². The van der Waals surface area contributed by atoms with Crippen LogP contribution in [0, 0.1) is 0 Å². The van der Waals surface area contributed by atoms with E-state index in [4.69, 9.17) is 10.7 Å². The number of nitrogen functional groups attached to an aromatic ring is 1. The van der Waals surface area contributed by atoms with Crippen LogP contribution >= 0.6 is 0 Å². The van der Waals surface area contributed by atoms with E-state index < -0.39 is 0 Å². The number of anilines is 2. The smallest absolute Gasteiger partial charge is 0.166 e. The largest absolute Gasteiger partial charge is 0.399 e. The topological polar surface area (TPSA) is 81.7 Å². The van der Waals surface area contributed by atoms with Crippen molar-refractivity contribution >= 4 is 22.7 Å². The van der Waals surface area contributed by atoms with E-state index in [1.807, 2.05) is 24.3 Å². The molecule has 0 bridgehead atoms. The van der Waals surface area contributed by atoms with E-state index in [2.05, 4.69) is 40.6 Å². The standard InChI is InChI=1S/C17H22N6/c1-4-8-19-15-14-17(21-10-20-15)23(11(2)3)16(22-14)12-6-5-7-13(18)9-12/h5-7,9-11H,4,8,18H2,1-3H3,(H,19,20,21). The Labute approximate surface area is 135 Å². The highest BCUT2D eigenvalue weighted by atomic mass is 15.2. The molecule has 0 saturated heterocycles. The Morgan fingerprint density at radius 1 is 1.26 bits per heavy atom. The first-order chi connectivity index (χ1) is 11.1. The van der Waals surface area contributed by atoms with Gasteiger partial charge in [-0.05, 0) is 32.4 Å². The van der Waals surface area contributed by atoms with Gasteiger partial charge in [-0.1, -0.05) is 19.1 Å². The molecule has 0 aliphatic heterocycles. The molecule has 3 rings (SSSR count). The number of hydrogen-bond donors (Lipinski definition) is 2. The fraction of sp³-hybridized carbons (Fsp3) is 0.353. The van der Waals surface area contributed by atoms with Crippen molar-refractivity contribution < 1.29 is 0 Å². The first-order valence-electron chi connectivity index (χ1n) is 7.94. The van der Waals surface area contributed by atoms with Gasteiger partial charge in [-0.2, -0.15) is 0 Å². The van der Waals surface area contributed by atoms with Crippen LogP contribution in [-0.4, -0.2) is 26.1 Å². The summed E-state index contributed by atoms with van der Waals surface area (Å²) in [6.07, 6.45) is 2.61. The predicted octanol–water partition coefficient (Wildman–Crippen LogP) is 3.48. The van der Waals surface area contributed by atoms with Crippen molar-refractivity contribution in [2.75, 3.05) is 17.6 Å². The summed E-state index contributed by atoms with van der Waals surface area (Å²) < 4.78 is 2.13. The molecule has 0 amide bonds. The van der Waals surface area contributed by atoms with Crippen LogP contribution in [0.3, 0.4) is 0 Å². The van der Waals surface area contributed by atoms with Crippen LogP contribution in [0.5, 0.6) is 0 Å². The lowest BCUT2D eigenvalue weighted by Crippen LogP contribution is -2.06. The molecule has 0 atom stereocenters. The molecule has 0 saturated carbocycles. The number of aromatic nitrogens is 4. The lowest BCUT2D eigenvalue weighted by atomic mass is 10.2. The summed E-state index contributed by atoms with van der Waals surface area (Å²) in [5.74, 6) is 1.64. The van der Waals surface area contributed by atoms with Gasteiger partial charge < -0.3 is 15.6 Å². The van der Waals surface area contributed by atoms with Gasteiger partial charge in [-0.25, -0.2) is 15.0 Å². The number of nitrogens with two attached hydrogens (primary N) is 1. The molecule has 23 heavy (non-hydrogen) atoms. The Bertz CT molecular complexity index is 821. The van der Waals surface area contributed by atoms with Crippen LogP contribution in [0.15, 0.2) is 30.6 Å². The summed E-state index contributed by atoms with van der Waals surface area (Å²) in [6, 6.07) is 8.00. The number of benzene rings is 1. The fourth-order valence-electron chi connectivity index (χ4n) is 2.65. The first-order valence-corrected chi connectivity index (χ1v) is 7.94. The Kier molecular flexibility index (Phi) is 4.14. The molecule has 3 aromatic rings. The van der Waals surface area contributed by atoms with E-state index in [1.165, 1.54) is 0 Å². The van der Waals surface area contributed by atoms with Crippen LogP contribution in [0.25, 0.3) is 22.6 Å². The summed E-state index contributed by atoms with van der Waals surface area (Å²) in [7, 11) is 0. The second-order valence-corrected chi connectivity index (χ2v) is 5.85. The number of fused-ring (bicyclic) bond motifs is 1. The van der Waals surface area contributed by atoms with Gasteiger partial charge in [0.15, 0.2) is 17.0 Å². The lowest BCUT2D eigenvalue weighted by Gasteiger charge is -2.12. The molecule has 2 heterocycles. The molecule has 0 unspecified atom stereocenters.